The van der Waals surface area contributed by atoms with E-state index in [0.717, 1.165) is 55.0 Å². The van der Waals surface area contributed by atoms with E-state index < -0.39 is 0 Å². The molecule has 2 fully saturated rings. The van der Waals surface area contributed by atoms with Crippen LogP contribution in [-0.2, 0) is 10.4 Å². The highest BCUT2D eigenvalue weighted by Crippen LogP contribution is 2.41. The number of aromatic nitrogens is 1. The minimum Gasteiger partial charge on any atom is -0.361 e. The number of benzene rings is 2. The van der Waals surface area contributed by atoms with Crippen molar-refractivity contribution >= 4 is 29.4 Å². The molecule has 194 valence electrons. The number of hydrogen-bond donors (Lipinski definition) is 2. The maximum Gasteiger partial charge on any atom is 0.426 e. The number of hydrogen-bond acceptors (Lipinski definition) is 4. The van der Waals surface area contributed by atoms with Gasteiger partial charge in [0.2, 0.25) is 0 Å². The molecule has 0 spiro atoms. The van der Waals surface area contributed by atoms with Crippen LogP contribution in [0.15, 0.2) is 54.7 Å². The Kier molecular flexibility index (Phi) is 8.23. The van der Waals surface area contributed by atoms with Crippen molar-refractivity contribution in [1.82, 2.24) is 20.3 Å². The minimum atomic E-state index is -0.361. The normalized spacial score (nSPS) is 23.4. The second kappa shape index (κ2) is 11.2. The highest BCUT2D eigenvalue weighted by molar-refractivity contribution is 5.85. The van der Waals surface area contributed by atoms with Gasteiger partial charge in [0.1, 0.15) is 5.82 Å². The number of halogens is 2. The fourth-order valence-corrected chi connectivity index (χ4v) is 6.00. The summed E-state index contributed by atoms with van der Waals surface area (Å²) in [6.45, 7) is 1.34. The molecule has 2 aliphatic rings. The summed E-state index contributed by atoms with van der Waals surface area (Å²) < 4.78 is 13.7. The summed E-state index contributed by atoms with van der Waals surface area (Å²) in [5, 5.41) is 5.81. The third kappa shape index (κ3) is 5.38. The maximum atomic E-state index is 13.7. The second-order valence-corrected chi connectivity index (χ2v) is 10.2. The van der Waals surface area contributed by atoms with Crippen LogP contribution in [0, 0.1) is 5.82 Å². The van der Waals surface area contributed by atoms with Crippen LogP contribution in [0.5, 0.6) is 0 Å². The monoisotopic (exact) mass is 514 g/mol. The molecule has 0 atom stereocenters. The SMILES string of the molecule is CN(C)C1(c2ccccc2)CCC(NC(=O)ON2CCC(c3c[nH]c4ccc(F)cc34)CC2)CC1.Cl. The zero-order valence-electron chi connectivity index (χ0n) is 21.0. The highest BCUT2D eigenvalue weighted by atomic mass is 35.5. The van der Waals surface area contributed by atoms with E-state index in [1.165, 1.54) is 11.6 Å². The fourth-order valence-electron chi connectivity index (χ4n) is 6.00. The number of carbonyl (C=O) groups excluding carboxylic acids is 1. The Labute approximate surface area is 218 Å². The number of fused-ring (bicyclic) bond motifs is 1. The van der Waals surface area contributed by atoms with Gasteiger partial charge < -0.3 is 15.1 Å². The second-order valence-electron chi connectivity index (χ2n) is 10.2. The van der Waals surface area contributed by atoms with Crippen LogP contribution in [-0.4, -0.2) is 54.3 Å². The van der Waals surface area contributed by atoms with Gasteiger partial charge in [-0.3, -0.25) is 4.90 Å². The molecule has 36 heavy (non-hydrogen) atoms. The predicted molar refractivity (Wildman–Crippen MR) is 143 cm³/mol. The lowest BCUT2D eigenvalue weighted by atomic mass is 9.74. The predicted octanol–water partition coefficient (Wildman–Crippen LogP) is 5.95. The van der Waals surface area contributed by atoms with Crippen molar-refractivity contribution in [3.05, 3.63) is 71.7 Å². The Bertz CT molecular complexity index is 1150. The third-order valence-corrected chi connectivity index (χ3v) is 8.08. The van der Waals surface area contributed by atoms with Gasteiger partial charge in [-0.1, -0.05) is 30.3 Å². The number of rotatable bonds is 5. The van der Waals surface area contributed by atoms with E-state index in [-0.39, 0.29) is 35.9 Å². The molecule has 8 heteroatoms. The number of amides is 1. The molecule has 1 amide bonds. The minimum absolute atomic E-state index is 0. The van der Waals surface area contributed by atoms with Gasteiger partial charge in [0, 0.05) is 41.8 Å². The zero-order chi connectivity index (χ0) is 24.4. The van der Waals surface area contributed by atoms with E-state index in [4.69, 9.17) is 4.84 Å². The lowest BCUT2D eigenvalue weighted by Crippen LogP contribution is -2.49. The standard InChI is InChI=1S/C28H35FN4O2.ClH/c1-32(2)28(21-6-4-3-5-7-21)14-10-23(11-15-28)31-27(34)35-33-16-12-20(13-17-33)25-19-30-26-9-8-22(29)18-24(25)26;/h3-9,18-20,23,30H,10-17H2,1-2H3,(H,31,34);1H. The van der Waals surface area contributed by atoms with Crippen molar-refractivity contribution in [2.45, 2.75) is 56.0 Å². The highest BCUT2D eigenvalue weighted by Gasteiger charge is 2.39. The van der Waals surface area contributed by atoms with E-state index >= 15 is 0 Å². The summed E-state index contributed by atoms with van der Waals surface area (Å²) in [4.78, 5) is 23.9. The Morgan fingerprint density at radius 2 is 1.78 bits per heavy atom. The Hall–Kier alpha value is -2.61. The molecule has 3 aromatic rings. The Morgan fingerprint density at radius 3 is 2.44 bits per heavy atom. The number of hydroxylamine groups is 2. The van der Waals surface area contributed by atoms with Gasteiger partial charge in [-0.2, -0.15) is 0 Å². The number of H-pyrrole nitrogens is 1. The van der Waals surface area contributed by atoms with Crippen molar-refractivity contribution in [1.29, 1.82) is 0 Å². The van der Waals surface area contributed by atoms with Crippen molar-refractivity contribution < 1.29 is 14.0 Å². The van der Waals surface area contributed by atoms with Gasteiger partial charge >= 0.3 is 6.09 Å². The van der Waals surface area contributed by atoms with Crippen molar-refractivity contribution in [2.24, 2.45) is 0 Å². The molecule has 6 nitrogen and oxygen atoms in total. The molecule has 0 radical (unpaired) electrons. The number of nitrogens with zero attached hydrogens (tertiary/aromatic N) is 2. The zero-order valence-corrected chi connectivity index (χ0v) is 21.8. The first kappa shape index (κ1) is 26.5. The van der Waals surface area contributed by atoms with E-state index in [1.54, 1.807) is 17.2 Å². The smallest absolute Gasteiger partial charge is 0.361 e. The molecule has 1 aliphatic heterocycles. The van der Waals surface area contributed by atoms with Crippen LogP contribution in [0.3, 0.4) is 0 Å². The van der Waals surface area contributed by atoms with Crippen molar-refractivity contribution in [3.63, 3.8) is 0 Å². The van der Waals surface area contributed by atoms with E-state index in [1.807, 2.05) is 6.20 Å². The molecule has 2 aromatic carbocycles. The first-order chi connectivity index (χ1) is 16.9. The summed E-state index contributed by atoms with van der Waals surface area (Å²) in [7, 11) is 4.29. The van der Waals surface area contributed by atoms with Crippen LogP contribution in [0.25, 0.3) is 10.9 Å². The number of piperidine rings is 1. The van der Waals surface area contributed by atoms with Crippen LogP contribution in [0.4, 0.5) is 9.18 Å². The van der Waals surface area contributed by atoms with E-state index in [0.29, 0.717) is 19.0 Å². The summed E-state index contributed by atoms with van der Waals surface area (Å²) >= 11 is 0. The molecule has 5 rings (SSSR count). The van der Waals surface area contributed by atoms with Crippen LogP contribution in [0.2, 0.25) is 0 Å². The lowest BCUT2D eigenvalue weighted by Gasteiger charge is -2.45. The maximum absolute atomic E-state index is 13.7. The quantitative estimate of drug-likeness (QED) is 0.441. The van der Waals surface area contributed by atoms with Gasteiger partial charge in [0.05, 0.1) is 0 Å². The lowest BCUT2D eigenvalue weighted by molar-refractivity contribution is -0.115. The molecule has 1 aliphatic carbocycles. The molecular weight excluding hydrogens is 479 g/mol. The van der Waals surface area contributed by atoms with Gasteiger partial charge in [-0.15, -0.1) is 17.5 Å². The molecule has 1 aromatic heterocycles. The average Bonchev–Trinajstić information content (AvgIpc) is 3.28. The van der Waals surface area contributed by atoms with Crippen LogP contribution >= 0.6 is 12.4 Å². The fraction of sp³-hybridized carbons (Fsp3) is 0.464. The molecular formula is C28H36ClFN4O2. The van der Waals surface area contributed by atoms with Crippen LogP contribution in [0.1, 0.15) is 55.6 Å². The molecule has 0 unspecified atom stereocenters. The topological polar surface area (TPSA) is 60.6 Å². The first-order valence-corrected chi connectivity index (χ1v) is 12.7. The van der Waals surface area contributed by atoms with Gasteiger partial charge in [0.15, 0.2) is 0 Å². The Balaban J connectivity index is 0.00000304. The Morgan fingerprint density at radius 1 is 1.08 bits per heavy atom. The van der Waals surface area contributed by atoms with Gasteiger partial charge in [-0.25, -0.2) is 9.18 Å². The number of carbonyl (C=O) groups is 1. The van der Waals surface area contributed by atoms with Crippen LogP contribution < -0.4 is 5.32 Å². The molecule has 1 saturated carbocycles. The van der Waals surface area contributed by atoms with Crippen molar-refractivity contribution in [2.75, 3.05) is 27.2 Å². The summed E-state index contributed by atoms with van der Waals surface area (Å²) in [6, 6.07) is 15.7. The first-order valence-electron chi connectivity index (χ1n) is 12.7. The number of aromatic amines is 1. The van der Waals surface area contributed by atoms with Gasteiger partial charge in [-0.05, 0) is 87.9 Å². The van der Waals surface area contributed by atoms with E-state index in [2.05, 4.69) is 59.6 Å². The van der Waals surface area contributed by atoms with E-state index in [9.17, 15) is 9.18 Å². The summed E-state index contributed by atoms with van der Waals surface area (Å²) in [5.74, 6) is 0.106. The van der Waals surface area contributed by atoms with Crippen molar-refractivity contribution in [3.8, 4) is 0 Å². The molecule has 2 heterocycles. The molecule has 2 N–H and O–H groups in total. The summed E-state index contributed by atoms with van der Waals surface area (Å²) in [6.07, 6.45) is 7.18. The number of nitrogens with one attached hydrogen (secondary N) is 2. The third-order valence-electron chi connectivity index (χ3n) is 8.08. The van der Waals surface area contributed by atoms with Gasteiger partial charge in [0.25, 0.3) is 0 Å². The molecule has 0 bridgehead atoms. The summed E-state index contributed by atoms with van der Waals surface area (Å²) in [5.41, 5.74) is 3.45. The largest absolute Gasteiger partial charge is 0.426 e. The average molecular weight is 515 g/mol. The molecule has 1 saturated heterocycles.